The van der Waals surface area contributed by atoms with Crippen LogP contribution in [-0.2, 0) is 4.74 Å². The SMILES string of the molecule is COc1ccc(C(O)C2CCC(C)O2)cc1Cl. The molecule has 0 radical (unpaired) electrons. The van der Waals surface area contributed by atoms with Crippen molar-refractivity contribution in [3.05, 3.63) is 28.8 Å². The van der Waals surface area contributed by atoms with Gasteiger partial charge in [-0.2, -0.15) is 0 Å². The van der Waals surface area contributed by atoms with Crippen LogP contribution in [0.3, 0.4) is 0 Å². The normalized spacial score (nSPS) is 25.9. The second-order valence-corrected chi connectivity index (χ2v) is 4.81. The standard InChI is InChI=1S/C13H17ClO3/c1-8-3-5-12(17-8)13(15)9-4-6-11(16-2)10(14)7-9/h4,6-8,12-13,15H,3,5H2,1-2H3. The number of rotatable bonds is 3. The average molecular weight is 257 g/mol. The molecule has 1 aromatic carbocycles. The van der Waals surface area contributed by atoms with Crippen molar-refractivity contribution in [1.82, 2.24) is 0 Å². The number of hydrogen-bond acceptors (Lipinski definition) is 3. The van der Waals surface area contributed by atoms with Crippen LogP contribution in [0.1, 0.15) is 31.4 Å². The average Bonchev–Trinajstić information content (AvgIpc) is 2.75. The Bertz CT molecular complexity index is 394. The first-order valence-corrected chi connectivity index (χ1v) is 6.16. The molecule has 1 aliphatic heterocycles. The third-order valence-electron chi connectivity index (χ3n) is 3.13. The maximum absolute atomic E-state index is 10.2. The topological polar surface area (TPSA) is 38.7 Å². The van der Waals surface area contributed by atoms with E-state index in [0.717, 1.165) is 18.4 Å². The van der Waals surface area contributed by atoms with E-state index in [1.54, 1.807) is 19.2 Å². The fourth-order valence-corrected chi connectivity index (χ4v) is 2.41. The van der Waals surface area contributed by atoms with Crippen LogP contribution in [0.4, 0.5) is 0 Å². The quantitative estimate of drug-likeness (QED) is 0.904. The summed E-state index contributed by atoms with van der Waals surface area (Å²) >= 11 is 6.03. The lowest BCUT2D eigenvalue weighted by atomic mass is 10.0. The van der Waals surface area contributed by atoms with Crippen molar-refractivity contribution in [2.75, 3.05) is 7.11 Å². The maximum Gasteiger partial charge on any atom is 0.137 e. The molecule has 1 saturated heterocycles. The zero-order chi connectivity index (χ0) is 12.4. The lowest BCUT2D eigenvalue weighted by Crippen LogP contribution is -2.18. The molecule has 17 heavy (non-hydrogen) atoms. The summed E-state index contributed by atoms with van der Waals surface area (Å²) < 4.78 is 10.7. The van der Waals surface area contributed by atoms with E-state index in [1.165, 1.54) is 0 Å². The molecular weight excluding hydrogens is 240 g/mol. The Labute approximate surface area is 106 Å². The molecule has 4 heteroatoms. The Balaban J connectivity index is 2.14. The van der Waals surface area contributed by atoms with E-state index in [1.807, 2.05) is 13.0 Å². The molecule has 2 rings (SSSR count). The van der Waals surface area contributed by atoms with Gasteiger partial charge in [0.15, 0.2) is 0 Å². The number of aliphatic hydroxyl groups is 1. The molecule has 1 aromatic rings. The summed E-state index contributed by atoms with van der Waals surface area (Å²) in [7, 11) is 1.57. The van der Waals surface area contributed by atoms with Crippen LogP contribution in [0.5, 0.6) is 5.75 Å². The molecular formula is C13H17ClO3. The summed E-state index contributed by atoms with van der Waals surface area (Å²) in [4.78, 5) is 0. The first-order chi connectivity index (χ1) is 8.11. The molecule has 94 valence electrons. The fourth-order valence-electron chi connectivity index (χ4n) is 2.15. The van der Waals surface area contributed by atoms with Crippen molar-refractivity contribution < 1.29 is 14.6 Å². The van der Waals surface area contributed by atoms with Gasteiger partial charge in [-0.05, 0) is 37.5 Å². The third kappa shape index (κ3) is 2.73. The van der Waals surface area contributed by atoms with E-state index in [9.17, 15) is 5.11 Å². The van der Waals surface area contributed by atoms with Crippen LogP contribution >= 0.6 is 11.6 Å². The van der Waals surface area contributed by atoms with E-state index in [2.05, 4.69) is 0 Å². The lowest BCUT2D eigenvalue weighted by Gasteiger charge is -2.19. The lowest BCUT2D eigenvalue weighted by molar-refractivity contribution is -0.0297. The minimum atomic E-state index is -0.622. The molecule has 0 aromatic heterocycles. The Morgan fingerprint density at radius 3 is 2.76 bits per heavy atom. The maximum atomic E-state index is 10.2. The van der Waals surface area contributed by atoms with Crippen LogP contribution in [0, 0.1) is 0 Å². The smallest absolute Gasteiger partial charge is 0.137 e. The summed E-state index contributed by atoms with van der Waals surface area (Å²) in [6.45, 7) is 2.02. The van der Waals surface area contributed by atoms with Gasteiger partial charge in [-0.15, -0.1) is 0 Å². The van der Waals surface area contributed by atoms with Crippen LogP contribution in [-0.4, -0.2) is 24.4 Å². The summed E-state index contributed by atoms with van der Waals surface area (Å²) in [6.07, 6.45) is 1.35. The zero-order valence-electron chi connectivity index (χ0n) is 10.0. The number of benzene rings is 1. The number of methoxy groups -OCH3 is 1. The van der Waals surface area contributed by atoms with Gasteiger partial charge in [-0.25, -0.2) is 0 Å². The molecule has 0 spiro atoms. The molecule has 1 fully saturated rings. The number of halogens is 1. The van der Waals surface area contributed by atoms with Crippen molar-refractivity contribution in [2.45, 2.75) is 38.1 Å². The van der Waals surface area contributed by atoms with Crippen molar-refractivity contribution in [3.63, 3.8) is 0 Å². The van der Waals surface area contributed by atoms with Crippen molar-refractivity contribution in [3.8, 4) is 5.75 Å². The van der Waals surface area contributed by atoms with E-state index < -0.39 is 6.10 Å². The first kappa shape index (κ1) is 12.7. The Morgan fingerprint density at radius 2 is 2.24 bits per heavy atom. The van der Waals surface area contributed by atoms with E-state index in [0.29, 0.717) is 10.8 Å². The summed E-state index contributed by atoms with van der Waals surface area (Å²) in [6, 6.07) is 5.32. The highest BCUT2D eigenvalue weighted by atomic mass is 35.5. The summed E-state index contributed by atoms with van der Waals surface area (Å²) in [5.74, 6) is 0.614. The molecule has 3 nitrogen and oxygen atoms in total. The Morgan fingerprint density at radius 1 is 1.47 bits per heavy atom. The van der Waals surface area contributed by atoms with E-state index in [-0.39, 0.29) is 12.2 Å². The number of aliphatic hydroxyl groups excluding tert-OH is 1. The zero-order valence-corrected chi connectivity index (χ0v) is 10.8. The van der Waals surface area contributed by atoms with Gasteiger partial charge in [-0.3, -0.25) is 0 Å². The van der Waals surface area contributed by atoms with Gasteiger partial charge in [-0.1, -0.05) is 17.7 Å². The monoisotopic (exact) mass is 256 g/mol. The van der Waals surface area contributed by atoms with Crippen molar-refractivity contribution in [1.29, 1.82) is 0 Å². The van der Waals surface area contributed by atoms with Crippen LogP contribution in [0.25, 0.3) is 0 Å². The molecule has 3 atom stereocenters. The molecule has 1 heterocycles. The largest absolute Gasteiger partial charge is 0.495 e. The number of hydrogen-bond donors (Lipinski definition) is 1. The van der Waals surface area contributed by atoms with Crippen molar-refractivity contribution >= 4 is 11.6 Å². The van der Waals surface area contributed by atoms with Crippen LogP contribution in [0.15, 0.2) is 18.2 Å². The highest BCUT2D eigenvalue weighted by Gasteiger charge is 2.29. The van der Waals surface area contributed by atoms with E-state index in [4.69, 9.17) is 21.1 Å². The minimum Gasteiger partial charge on any atom is -0.495 e. The van der Waals surface area contributed by atoms with Crippen LogP contribution < -0.4 is 4.74 Å². The predicted molar refractivity (Wildman–Crippen MR) is 66.5 cm³/mol. The molecule has 1 N–H and O–H groups in total. The van der Waals surface area contributed by atoms with Gasteiger partial charge in [0.2, 0.25) is 0 Å². The minimum absolute atomic E-state index is 0.130. The molecule has 3 unspecified atom stereocenters. The Hall–Kier alpha value is -0.770. The highest BCUT2D eigenvalue weighted by Crippen LogP contribution is 2.33. The van der Waals surface area contributed by atoms with E-state index >= 15 is 0 Å². The summed E-state index contributed by atoms with van der Waals surface area (Å²) in [5.41, 5.74) is 0.773. The predicted octanol–water partition coefficient (Wildman–Crippen LogP) is 2.95. The third-order valence-corrected chi connectivity index (χ3v) is 3.43. The fraction of sp³-hybridized carbons (Fsp3) is 0.538. The highest BCUT2D eigenvalue weighted by molar-refractivity contribution is 6.32. The van der Waals surface area contributed by atoms with Gasteiger partial charge < -0.3 is 14.6 Å². The van der Waals surface area contributed by atoms with Gasteiger partial charge >= 0.3 is 0 Å². The van der Waals surface area contributed by atoms with Crippen molar-refractivity contribution in [2.24, 2.45) is 0 Å². The van der Waals surface area contributed by atoms with Crippen LogP contribution in [0.2, 0.25) is 5.02 Å². The molecule has 0 aliphatic carbocycles. The van der Waals surface area contributed by atoms with Gasteiger partial charge in [0.05, 0.1) is 24.3 Å². The van der Waals surface area contributed by atoms with Gasteiger partial charge in [0.1, 0.15) is 11.9 Å². The first-order valence-electron chi connectivity index (χ1n) is 5.78. The summed E-state index contributed by atoms with van der Waals surface area (Å²) in [5, 5.41) is 10.7. The van der Waals surface area contributed by atoms with Gasteiger partial charge in [0.25, 0.3) is 0 Å². The second kappa shape index (κ2) is 5.25. The Kier molecular flexibility index (Phi) is 3.92. The second-order valence-electron chi connectivity index (χ2n) is 4.40. The molecule has 1 aliphatic rings. The van der Waals surface area contributed by atoms with Gasteiger partial charge in [0, 0.05) is 0 Å². The molecule has 0 bridgehead atoms. The molecule has 0 saturated carbocycles. The number of ether oxygens (including phenoxy) is 2. The molecule has 0 amide bonds.